The minimum absolute atomic E-state index is 0.0738. The van der Waals surface area contributed by atoms with E-state index in [9.17, 15) is 4.79 Å². The number of hydrogen-bond acceptors (Lipinski definition) is 3. The van der Waals surface area contributed by atoms with Crippen LogP contribution in [0.4, 0.5) is 5.69 Å². The fraction of sp³-hybridized carbons (Fsp3) is 0.222. The van der Waals surface area contributed by atoms with Crippen LogP contribution in [0.2, 0.25) is 0 Å². The number of hydrogen-bond donors (Lipinski definition) is 1. The van der Waals surface area contributed by atoms with Gasteiger partial charge in [0.15, 0.2) is 0 Å². The van der Waals surface area contributed by atoms with Crippen LogP contribution >= 0.6 is 0 Å². The van der Waals surface area contributed by atoms with Gasteiger partial charge in [0, 0.05) is 4.91 Å². The molecule has 1 aromatic rings. The molecule has 0 aliphatic carbocycles. The van der Waals surface area contributed by atoms with E-state index in [4.69, 9.17) is 15.4 Å². The van der Waals surface area contributed by atoms with E-state index in [1.54, 1.807) is 6.92 Å². The monoisotopic (exact) mass is 207 g/mol. The van der Waals surface area contributed by atoms with Crippen molar-refractivity contribution in [3.63, 3.8) is 0 Å². The Kier molecular flexibility index (Phi) is 3.15. The molecule has 1 rings (SSSR count). The van der Waals surface area contributed by atoms with Crippen molar-refractivity contribution in [1.82, 2.24) is 0 Å². The molecule has 0 saturated carbocycles. The number of benzene rings is 1. The summed E-state index contributed by atoms with van der Waals surface area (Å²) in [7, 11) is 1.45. The van der Waals surface area contributed by atoms with Crippen molar-refractivity contribution in [1.29, 1.82) is 0 Å². The van der Waals surface area contributed by atoms with Crippen LogP contribution in [0, 0.1) is 6.92 Å². The van der Waals surface area contributed by atoms with Crippen molar-refractivity contribution < 1.29 is 14.6 Å². The fourth-order valence-electron chi connectivity index (χ4n) is 1.19. The Bertz CT molecular complexity index is 450. The molecule has 0 radical (unpaired) electrons. The minimum atomic E-state index is -1.16. The largest absolute Gasteiger partial charge is 0.496 e. The lowest BCUT2D eigenvalue weighted by atomic mass is 10.1. The van der Waals surface area contributed by atoms with E-state index in [2.05, 4.69) is 10.0 Å². The molecule has 0 unspecified atom stereocenters. The second-order valence-corrected chi connectivity index (χ2v) is 2.83. The Morgan fingerprint density at radius 2 is 2.27 bits per heavy atom. The topological polar surface area (TPSA) is 95.3 Å². The number of carboxylic acids is 1. The molecule has 0 aromatic heterocycles. The van der Waals surface area contributed by atoms with Crippen LogP contribution in [0.1, 0.15) is 15.9 Å². The first-order valence-electron chi connectivity index (χ1n) is 4.07. The molecule has 15 heavy (non-hydrogen) atoms. The van der Waals surface area contributed by atoms with Crippen molar-refractivity contribution in [2.24, 2.45) is 5.11 Å². The third kappa shape index (κ3) is 2.18. The number of carboxylic acid groups (broad SMARTS) is 1. The molecule has 1 N–H and O–H groups in total. The zero-order chi connectivity index (χ0) is 11.4. The van der Waals surface area contributed by atoms with Gasteiger partial charge < -0.3 is 9.84 Å². The number of azide groups is 1. The SMILES string of the molecule is COc1cc(C(=O)O)c(N=[N+]=[N-])cc1C. The van der Waals surface area contributed by atoms with E-state index in [0.717, 1.165) is 0 Å². The molecule has 1 aromatic carbocycles. The Morgan fingerprint density at radius 1 is 1.60 bits per heavy atom. The zero-order valence-corrected chi connectivity index (χ0v) is 8.26. The fourth-order valence-corrected chi connectivity index (χ4v) is 1.19. The standard InChI is InChI=1S/C9H9N3O3/c1-5-3-7(11-12-10)6(9(13)14)4-8(5)15-2/h3-4H,1-2H3,(H,13,14). The number of aryl methyl sites for hydroxylation is 1. The van der Waals surface area contributed by atoms with Gasteiger partial charge in [0.05, 0.1) is 18.4 Å². The average molecular weight is 207 g/mol. The molecule has 0 aliphatic heterocycles. The maximum Gasteiger partial charge on any atom is 0.336 e. The molecule has 78 valence electrons. The summed E-state index contributed by atoms with van der Waals surface area (Å²) in [6.45, 7) is 1.74. The molecule has 0 fully saturated rings. The molecule has 0 spiro atoms. The Labute approximate surface area is 85.7 Å². The van der Waals surface area contributed by atoms with Gasteiger partial charge in [-0.2, -0.15) is 0 Å². The maximum atomic E-state index is 10.8. The van der Waals surface area contributed by atoms with Gasteiger partial charge in [0.25, 0.3) is 0 Å². The number of nitrogens with zero attached hydrogens (tertiary/aromatic N) is 3. The van der Waals surface area contributed by atoms with E-state index in [-0.39, 0.29) is 11.3 Å². The lowest BCUT2D eigenvalue weighted by Crippen LogP contribution is -1.98. The van der Waals surface area contributed by atoms with Crippen molar-refractivity contribution in [2.45, 2.75) is 6.92 Å². The highest BCUT2D eigenvalue weighted by molar-refractivity contribution is 5.94. The molecule has 0 bridgehead atoms. The summed E-state index contributed by atoms with van der Waals surface area (Å²) < 4.78 is 4.97. The van der Waals surface area contributed by atoms with Crippen LogP contribution in [0.5, 0.6) is 5.75 Å². The van der Waals surface area contributed by atoms with Gasteiger partial charge in [-0.15, -0.1) is 0 Å². The van der Waals surface area contributed by atoms with Gasteiger partial charge in [-0.1, -0.05) is 5.11 Å². The van der Waals surface area contributed by atoms with Crippen LogP contribution in [0.15, 0.2) is 17.2 Å². The van der Waals surface area contributed by atoms with E-state index in [1.165, 1.54) is 19.2 Å². The smallest absolute Gasteiger partial charge is 0.336 e. The number of methoxy groups -OCH3 is 1. The lowest BCUT2D eigenvalue weighted by Gasteiger charge is -2.07. The second kappa shape index (κ2) is 4.34. The van der Waals surface area contributed by atoms with Crippen molar-refractivity contribution in [2.75, 3.05) is 7.11 Å². The average Bonchev–Trinajstić information content (AvgIpc) is 2.18. The summed E-state index contributed by atoms with van der Waals surface area (Å²) >= 11 is 0. The maximum absolute atomic E-state index is 10.8. The van der Waals surface area contributed by atoms with Crippen LogP contribution in [0.3, 0.4) is 0 Å². The summed E-state index contributed by atoms with van der Waals surface area (Å²) in [6.07, 6.45) is 0. The highest BCUT2D eigenvalue weighted by Gasteiger charge is 2.12. The number of carbonyl (C=O) groups is 1. The molecular weight excluding hydrogens is 198 g/mol. The van der Waals surface area contributed by atoms with E-state index in [1.807, 2.05) is 0 Å². The molecular formula is C9H9N3O3. The highest BCUT2D eigenvalue weighted by atomic mass is 16.5. The van der Waals surface area contributed by atoms with Gasteiger partial charge >= 0.3 is 5.97 Å². The van der Waals surface area contributed by atoms with Crippen molar-refractivity contribution in [3.8, 4) is 5.75 Å². The summed E-state index contributed by atoms with van der Waals surface area (Å²) in [6, 6.07) is 2.81. The lowest BCUT2D eigenvalue weighted by molar-refractivity contribution is 0.0697. The van der Waals surface area contributed by atoms with E-state index in [0.29, 0.717) is 11.3 Å². The summed E-state index contributed by atoms with van der Waals surface area (Å²) in [5.41, 5.74) is 9.00. The van der Waals surface area contributed by atoms with Crippen molar-refractivity contribution >= 4 is 11.7 Å². The quantitative estimate of drug-likeness (QED) is 0.468. The molecule has 6 nitrogen and oxygen atoms in total. The first kappa shape index (κ1) is 10.9. The Balaban J connectivity index is 3.44. The predicted molar refractivity (Wildman–Crippen MR) is 53.5 cm³/mol. The zero-order valence-electron chi connectivity index (χ0n) is 8.26. The second-order valence-electron chi connectivity index (χ2n) is 2.83. The van der Waals surface area contributed by atoms with Crippen LogP contribution < -0.4 is 4.74 Å². The summed E-state index contributed by atoms with van der Waals surface area (Å²) in [5.74, 6) is -0.708. The van der Waals surface area contributed by atoms with Gasteiger partial charge in [0.1, 0.15) is 5.75 Å². The van der Waals surface area contributed by atoms with Gasteiger partial charge in [0.2, 0.25) is 0 Å². The third-order valence-electron chi connectivity index (χ3n) is 1.90. The molecule has 6 heteroatoms. The van der Waals surface area contributed by atoms with Crippen molar-refractivity contribution in [3.05, 3.63) is 33.7 Å². The number of ether oxygens (including phenoxy) is 1. The normalized spacial score (nSPS) is 9.20. The van der Waals surface area contributed by atoms with Gasteiger partial charge in [-0.3, -0.25) is 0 Å². The third-order valence-corrected chi connectivity index (χ3v) is 1.90. The summed E-state index contributed by atoms with van der Waals surface area (Å²) in [5, 5.41) is 12.2. The Hall–Kier alpha value is -2.20. The van der Waals surface area contributed by atoms with E-state index >= 15 is 0 Å². The Morgan fingerprint density at radius 3 is 2.73 bits per heavy atom. The number of rotatable bonds is 3. The van der Waals surface area contributed by atoms with Crippen LogP contribution in [-0.2, 0) is 0 Å². The van der Waals surface area contributed by atoms with Gasteiger partial charge in [-0.25, -0.2) is 4.79 Å². The molecule has 0 amide bonds. The van der Waals surface area contributed by atoms with Crippen LogP contribution in [0.25, 0.3) is 10.4 Å². The first-order valence-corrected chi connectivity index (χ1v) is 4.07. The summed E-state index contributed by atoms with van der Waals surface area (Å²) in [4.78, 5) is 13.4. The molecule has 0 aliphatic rings. The minimum Gasteiger partial charge on any atom is -0.496 e. The number of aromatic carboxylic acids is 1. The molecule has 0 heterocycles. The van der Waals surface area contributed by atoms with E-state index < -0.39 is 5.97 Å². The predicted octanol–water partition coefficient (Wildman–Crippen LogP) is 2.64. The van der Waals surface area contributed by atoms with Crippen LogP contribution in [-0.4, -0.2) is 18.2 Å². The first-order chi connectivity index (χ1) is 7.10. The highest BCUT2D eigenvalue weighted by Crippen LogP contribution is 2.28. The molecule has 0 saturated heterocycles. The molecule has 0 atom stereocenters. The van der Waals surface area contributed by atoms with Gasteiger partial charge in [-0.05, 0) is 30.2 Å².